The number of nitrogens with one attached hydrogen (secondary N) is 1. The summed E-state index contributed by atoms with van der Waals surface area (Å²) >= 11 is 0. The number of aromatic nitrogens is 2. The summed E-state index contributed by atoms with van der Waals surface area (Å²) in [6.07, 6.45) is 6.57. The highest BCUT2D eigenvalue weighted by Gasteiger charge is 2.29. The van der Waals surface area contributed by atoms with Gasteiger partial charge in [-0.15, -0.1) is 0 Å². The monoisotopic (exact) mass is 341 g/mol. The smallest absolute Gasteiger partial charge is 0.337 e. The van der Waals surface area contributed by atoms with Crippen molar-refractivity contribution in [3.05, 3.63) is 30.0 Å². The lowest BCUT2D eigenvalue weighted by molar-refractivity contribution is 0.0601. The van der Waals surface area contributed by atoms with Crippen molar-refractivity contribution >= 4 is 22.8 Å². The molecule has 0 amide bonds. The van der Waals surface area contributed by atoms with Crippen molar-refractivity contribution in [1.82, 2.24) is 9.97 Å². The molecule has 0 bridgehead atoms. The van der Waals surface area contributed by atoms with E-state index in [1.165, 1.54) is 20.0 Å². The molecule has 0 spiro atoms. The first kappa shape index (κ1) is 17.6. The summed E-state index contributed by atoms with van der Waals surface area (Å²) in [5, 5.41) is 4.32. The van der Waals surface area contributed by atoms with Crippen LogP contribution in [0.25, 0.3) is 10.9 Å². The maximum Gasteiger partial charge on any atom is 0.337 e. The van der Waals surface area contributed by atoms with Crippen LogP contribution in [0, 0.1) is 11.3 Å². The fourth-order valence-corrected chi connectivity index (χ4v) is 3.63. The first-order chi connectivity index (χ1) is 11.9. The normalized spacial score (nSPS) is 21.1. The highest BCUT2D eigenvalue weighted by atomic mass is 16.5. The number of benzene rings is 1. The maximum atomic E-state index is 11.6. The molecule has 1 heterocycles. The first-order valence-electron chi connectivity index (χ1n) is 8.98. The van der Waals surface area contributed by atoms with Gasteiger partial charge in [-0.05, 0) is 55.2 Å². The van der Waals surface area contributed by atoms with Gasteiger partial charge in [0.15, 0.2) is 0 Å². The van der Waals surface area contributed by atoms with Crippen LogP contribution in [0.1, 0.15) is 56.8 Å². The molecule has 5 nitrogen and oxygen atoms in total. The molecule has 0 radical (unpaired) electrons. The molecular weight excluding hydrogens is 314 g/mol. The minimum Gasteiger partial charge on any atom is -0.465 e. The predicted molar refractivity (Wildman–Crippen MR) is 99.7 cm³/mol. The number of carbonyl (C=O) groups is 1. The second-order valence-corrected chi connectivity index (χ2v) is 8.02. The lowest BCUT2D eigenvalue weighted by Gasteiger charge is -2.37. The van der Waals surface area contributed by atoms with E-state index < -0.39 is 0 Å². The number of methoxy groups -OCH3 is 1. The predicted octanol–water partition coefficient (Wildman–Crippen LogP) is 4.43. The Hall–Kier alpha value is -2.17. The van der Waals surface area contributed by atoms with Crippen molar-refractivity contribution in [3.8, 4) is 0 Å². The van der Waals surface area contributed by atoms with Gasteiger partial charge in [0.1, 0.15) is 0 Å². The molecule has 134 valence electrons. The summed E-state index contributed by atoms with van der Waals surface area (Å²) in [6.45, 7) is 7.00. The summed E-state index contributed by atoms with van der Waals surface area (Å²) in [7, 11) is 1.38. The molecule has 1 aromatic carbocycles. The third kappa shape index (κ3) is 4.09. The number of anilines is 1. The minimum atomic E-state index is -0.347. The van der Waals surface area contributed by atoms with Gasteiger partial charge in [0.25, 0.3) is 0 Å². The highest BCUT2D eigenvalue weighted by molar-refractivity contribution is 5.94. The van der Waals surface area contributed by atoms with E-state index in [0.29, 0.717) is 23.0 Å². The number of rotatable bonds is 3. The molecule has 1 fully saturated rings. The SMILES string of the molecule is COC(=O)c1ccc2nc(N[C@H]3CC[C@H](C(C)(C)C)CC3)ncc2c1. The van der Waals surface area contributed by atoms with Gasteiger partial charge in [-0.2, -0.15) is 0 Å². The second-order valence-electron chi connectivity index (χ2n) is 8.02. The Bertz CT molecular complexity index is 759. The van der Waals surface area contributed by atoms with Crippen molar-refractivity contribution in [2.75, 3.05) is 12.4 Å². The van der Waals surface area contributed by atoms with Gasteiger partial charge in [-0.1, -0.05) is 20.8 Å². The lowest BCUT2D eigenvalue weighted by Crippen LogP contribution is -2.32. The molecule has 1 aliphatic carbocycles. The van der Waals surface area contributed by atoms with E-state index in [1.54, 1.807) is 18.3 Å². The molecule has 5 heteroatoms. The summed E-state index contributed by atoms with van der Waals surface area (Å²) in [4.78, 5) is 20.6. The van der Waals surface area contributed by atoms with Gasteiger partial charge in [0.05, 0.1) is 18.2 Å². The molecule has 0 saturated heterocycles. The van der Waals surface area contributed by atoms with Crippen LogP contribution in [0.4, 0.5) is 5.95 Å². The topological polar surface area (TPSA) is 64.1 Å². The zero-order valence-electron chi connectivity index (χ0n) is 15.5. The van der Waals surface area contributed by atoms with Crippen LogP contribution in [-0.4, -0.2) is 29.1 Å². The first-order valence-corrected chi connectivity index (χ1v) is 8.98. The van der Waals surface area contributed by atoms with Crippen molar-refractivity contribution < 1.29 is 9.53 Å². The van der Waals surface area contributed by atoms with Crippen molar-refractivity contribution in [2.24, 2.45) is 11.3 Å². The third-order valence-electron chi connectivity index (χ3n) is 5.29. The van der Waals surface area contributed by atoms with Gasteiger partial charge in [0.2, 0.25) is 5.95 Å². The lowest BCUT2D eigenvalue weighted by atomic mass is 9.71. The molecule has 1 aromatic heterocycles. The standard InChI is InChI=1S/C20H27N3O2/c1-20(2,3)15-6-8-16(9-7-15)22-19-21-12-14-11-13(18(24)25-4)5-10-17(14)23-19/h5,10-12,15-16H,6-9H2,1-4H3,(H,21,22,23)/t15-,16-. The van der Waals surface area contributed by atoms with Crippen LogP contribution in [-0.2, 0) is 4.74 Å². The number of esters is 1. The van der Waals surface area contributed by atoms with Crippen LogP contribution in [0.2, 0.25) is 0 Å². The Morgan fingerprint density at radius 2 is 1.92 bits per heavy atom. The fourth-order valence-electron chi connectivity index (χ4n) is 3.63. The summed E-state index contributed by atoms with van der Waals surface area (Å²) in [5.41, 5.74) is 1.73. The second kappa shape index (κ2) is 6.98. The van der Waals surface area contributed by atoms with Crippen LogP contribution in [0.5, 0.6) is 0 Å². The van der Waals surface area contributed by atoms with Crippen LogP contribution >= 0.6 is 0 Å². The van der Waals surface area contributed by atoms with Gasteiger partial charge < -0.3 is 10.1 Å². The molecule has 0 unspecified atom stereocenters. The van der Waals surface area contributed by atoms with Crippen LogP contribution in [0.3, 0.4) is 0 Å². The minimum absolute atomic E-state index is 0.347. The molecule has 1 N–H and O–H groups in total. The Balaban J connectivity index is 1.68. The number of fused-ring (bicyclic) bond motifs is 1. The van der Waals surface area contributed by atoms with Gasteiger partial charge in [-0.3, -0.25) is 0 Å². The summed E-state index contributed by atoms with van der Waals surface area (Å²) < 4.78 is 4.75. The molecule has 25 heavy (non-hydrogen) atoms. The Morgan fingerprint density at radius 3 is 2.56 bits per heavy atom. The van der Waals surface area contributed by atoms with E-state index in [9.17, 15) is 4.79 Å². The van der Waals surface area contributed by atoms with E-state index in [-0.39, 0.29) is 5.97 Å². The molecule has 2 aromatic rings. The van der Waals surface area contributed by atoms with E-state index in [0.717, 1.165) is 29.7 Å². The average molecular weight is 341 g/mol. The highest BCUT2D eigenvalue weighted by Crippen LogP contribution is 2.38. The zero-order valence-corrected chi connectivity index (χ0v) is 15.5. The van der Waals surface area contributed by atoms with E-state index >= 15 is 0 Å². The van der Waals surface area contributed by atoms with Crippen molar-refractivity contribution in [2.45, 2.75) is 52.5 Å². The van der Waals surface area contributed by atoms with E-state index in [4.69, 9.17) is 4.74 Å². The van der Waals surface area contributed by atoms with Crippen molar-refractivity contribution in [1.29, 1.82) is 0 Å². The average Bonchev–Trinajstić information content (AvgIpc) is 2.60. The Labute approximate surface area is 149 Å². The zero-order chi connectivity index (χ0) is 18.0. The van der Waals surface area contributed by atoms with Crippen LogP contribution < -0.4 is 5.32 Å². The number of carbonyl (C=O) groups excluding carboxylic acids is 1. The summed E-state index contributed by atoms with van der Waals surface area (Å²) in [5.74, 6) is 1.11. The van der Waals surface area contributed by atoms with E-state index in [1.807, 2.05) is 6.07 Å². The quantitative estimate of drug-likeness (QED) is 0.837. The molecule has 0 aliphatic heterocycles. The third-order valence-corrected chi connectivity index (χ3v) is 5.29. The maximum absolute atomic E-state index is 11.6. The summed E-state index contributed by atoms with van der Waals surface area (Å²) in [6, 6.07) is 5.77. The Kier molecular flexibility index (Phi) is 4.93. The molecule has 0 atom stereocenters. The largest absolute Gasteiger partial charge is 0.465 e. The molecule has 3 rings (SSSR count). The number of hydrogen-bond acceptors (Lipinski definition) is 5. The van der Waals surface area contributed by atoms with Crippen molar-refractivity contribution in [3.63, 3.8) is 0 Å². The van der Waals surface area contributed by atoms with E-state index in [2.05, 4.69) is 36.1 Å². The number of nitrogens with zero attached hydrogens (tertiary/aromatic N) is 2. The molecular formula is C20H27N3O2. The fraction of sp³-hybridized carbons (Fsp3) is 0.550. The molecule has 1 aliphatic rings. The van der Waals surface area contributed by atoms with Gasteiger partial charge >= 0.3 is 5.97 Å². The molecule has 1 saturated carbocycles. The van der Waals surface area contributed by atoms with Gasteiger partial charge in [0, 0.05) is 17.6 Å². The number of hydrogen-bond donors (Lipinski definition) is 1. The number of ether oxygens (including phenoxy) is 1. The Morgan fingerprint density at radius 1 is 1.20 bits per heavy atom. The van der Waals surface area contributed by atoms with Crippen LogP contribution in [0.15, 0.2) is 24.4 Å². The van der Waals surface area contributed by atoms with Gasteiger partial charge in [-0.25, -0.2) is 14.8 Å².